The number of nitrogens with zero attached hydrogens (tertiary/aromatic N) is 4. The number of aromatic nitrogens is 2. The van der Waals surface area contributed by atoms with E-state index in [1.807, 2.05) is 5.38 Å². The molecule has 0 spiro atoms. The maximum absolute atomic E-state index is 10.6. The molecule has 0 aliphatic heterocycles. The lowest BCUT2D eigenvalue weighted by atomic mass is 10.3. The summed E-state index contributed by atoms with van der Waals surface area (Å²) >= 11 is 1.48. The molecule has 18 heavy (non-hydrogen) atoms. The van der Waals surface area contributed by atoms with Gasteiger partial charge in [-0.3, -0.25) is 10.1 Å². The van der Waals surface area contributed by atoms with Crippen molar-refractivity contribution in [3.8, 4) is 6.07 Å². The lowest BCUT2D eigenvalue weighted by molar-refractivity contribution is -0.385. The number of rotatable bonds is 4. The fraction of sp³-hybridized carbons (Fsp3) is 0.100. The standard InChI is InChI=1S/C10H7N5O2S/c11-3-8-9(15(16)17)1-2-10(14-8)12-4-7-5-18-6-13-7/h1-2,5-6H,4H2,(H,12,14). The van der Waals surface area contributed by atoms with Crippen LogP contribution in [0.2, 0.25) is 0 Å². The number of hydrogen-bond donors (Lipinski definition) is 1. The zero-order chi connectivity index (χ0) is 13.0. The largest absolute Gasteiger partial charge is 0.364 e. The predicted molar refractivity (Wildman–Crippen MR) is 65.0 cm³/mol. The Morgan fingerprint density at radius 1 is 1.56 bits per heavy atom. The van der Waals surface area contributed by atoms with Crippen molar-refractivity contribution in [1.29, 1.82) is 5.26 Å². The Kier molecular flexibility index (Phi) is 3.45. The van der Waals surface area contributed by atoms with Gasteiger partial charge in [-0.15, -0.1) is 11.3 Å². The average molecular weight is 261 g/mol. The number of nitro groups is 1. The molecule has 1 N–H and O–H groups in total. The van der Waals surface area contributed by atoms with E-state index in [0.717, 1.165) is 5.69 Å². The quantitative estimate of drug-likeness (QED) is 0.666. The molecule has 0 aliphatic rings. The third-order valence-electron chi connectivity index (χ3n) is 2.11. The molecule has 0 unspecified atom stereocenters. The normalized spacial score (nSPS) is 9.72. The monoisotopic (exact) mass is 261 g/mol. The van der Waals surface area contributed by atoms with E-state index >= 15 is 0 Å². The fourth-order valence-corrected chi connectivity index (χ4v) is 1.84. The maximum Gasteiger partial charge on any atom is 0.305 e. The Labute approximate surface area is 106 Å². The molecule has 0 amide bonds. The van der Waals surface area contributed by atoms with Gasteiger partial charge in [0, 0.05) is 11.4 Å². The Hall–Kier alpha value is -2.53. The summed E-state index contributed by atoms with van der Waals surface area (Å²) in [5, 5.41) is 24.2. The van der Waals surface area contributed by atoms with Crippen LogP contribution < -0.4 is 5.32 Å². The minimum absolute atomic E-state index is 0.205. The van der Waals surface area contributed by atoms with Crippen LogP contribution in [-0.2, 0) is 6.54 Å². The molecule has 2 heterocycles. The van der Waals surface area contributed by atoms with Crippen LogP contribution >= 0.6 is 11.3 Å². The van der Waals surface area contributed by atoms with E-state index in [1.54, 1.807) is 11.6 Å². The van der Waals surface area contributed by atoms with Crippen molar-refractivity contribution in [3.05, 3.63) is 44.5 Å². The highest BCUT2D eigenvalue weighted by Crippen LogP contribution is 2.18. The van der Waals surface area contributed by atoms with Crippen molar-refractivity contribution < 1.29 is 4.92 Å². The van der Waals surface area contributed by atoms with Crippen molar-refractivity contribution in [2.75, 3.05) is 5.32 Å². The van der Waals surface area contributed by atoms with Crippen LogP contribution in [0, 0.1) is 21.4 Å². The first-order valence-electron chi connectivity index (χ1n) is 4.87. The molecule has 0 aromatic carbocycles. The molecular weight excluding hydrogens is 254 g/mol. The van der Waals surface area contributed by atoms with Gasteiger partial charge in [0.15, 0.2) is 0 Å². The number of nitrogens with one attached hydrogen (secondary N) is 1. The van der Waals surface area contributed by atoms with E-state index in [-0.39, 0.29) is 11.4 Å². The lowest BCUT2D eigenvalue weighted by Gasteiger charge is -2.03. The van der Waals surface area contributed by atoms with Crippen molar-refractivity contribution in [2.24, 2.45) is 0 Å². The summed E-state index contributed by atoms with van der Waals surface area (Å²) in [5.41, 5.74) is 2.06. The average Bonchev–Trinajstić information content (AvgIpc) is 2.88. The van der Waals surface area contributed by atoms with Crippen molar-refractivity contribution in [3.63, 3.8) is 0 Å². The number of thiazole rings is 1. The van der Waals surface area contributed by atoms with E-state index in [4.69, 9.17) is 5.26 Å². The van der Waals surface area contributed by atoms with Gasteiger partial charge in [-0.05, 0) is 6.07 Å². The summed E-state index contributed by atoms with van der Waals surface area (Å²) in [5.74, 6) is 0.408. The van der Waals surface area contributed by atoms with Crippen LogP contribution in [0.15, 0.2) is 23.0 Å². The van der Waals surface area contributed by atoms with Crippen molar-refractivity contribution in [2.45, 2.75) is 6.54 Å². The first-order valence-corrected chi connectivity index (χ1v) is 5.81. The van der Waals surface area contributed by atoms with Gasteiger partial charge in [-0.1, -0.05) is 0 Å². The van der Waals surface area contributed by atoms with E-state index in [0.29, 0.717) is 12.4 Å². The maximum atomic E-state index is 10.6. The van der Waals surface area contributed by atoms with Crippen LogP contribution in [0.4, 0.5) is 11.5 Å². The molecule has 7 nitrogen and oxygen atoms in total. The number of hydrogen-bond acceptors (Lipinski definition) is 7. The summed E-state index contributed by atoms with van der Waals surface area (Å²) in [6, 6.07) is 4.43. The topological polar surface area (TPSA) is 105 Å². The third-order valence-corrected chi connectivity index (χ3v) is 2.75. The van der Waals surface area contributed by atoms with Gasteiger partial charge < -0.3 is 5.32 Å². The highest BCUT2D eigenvalue weighted by molar-refractivity contribution is 7.07. The van der Waals surface area contributed by atoms with E-state index < -0.39 is 4.92 Å². The number of anilines is 1. The molecule has 0 bridgehead atoms. The molecule has 0 saturated carbocycles. The van der Waals surface area contributed by atoms with Crippen LogP contribution in [0.5, 0.6) is 0 Å². The fourth-order valence-electron chi connectivity index (χ4n) is 1.29. The van der Waals surface area contributed by atoms with Gasteiger partial charge in [-0.2, -0.15) is 5.26 Å². The summed E-state index contributed by atoms with van der Waals surface area (Å²) in [6.45, 7) is 0.458. The third kappa shape index (κ3) is 2.58. The number of nitriles is 1. The van der Waals surface area contributed by atoms with Gasteiger partial charge in [-0.25, -0.2) is 9.97 Å². The molecule has 2 aromatic heterocycles. The van der Waals surface area contributed by atoms with E-state index in [9.17, 15) is 10.1 Å². The molecule has 90 valence electrons. The van der Waals surface area contributed by atoms with Crippen LogP contribution in [-0.4, -0.2) is 14.9 Å². The zero-order valence-corrected chi connectivity index (χ0v) is 9.85. The molecule has 0 aliphatic carbocycles. The zero-order valence-electron chi connectivity index (χ0n) is 9.03. The van der Waals surface area contributed by atoms with Gasteiger partial charge >= 0.3 is 5.69 Å². The molecule has 0 fully saturated rings. The number of pyridine rings is 1. The smallest absolute Gasteiger partial charge is 0.305 e. The molecule has 0 saturated heterocycles. The molecule has 0 atom stereocenters. The lowest BCUT2D eigenvalue weighted by Crippen LogP contribution is -2.03. The molecule has 2 aromatic rings. The SMILES string of the molecule is N#Cc1nc(NCc2cscn2)ccc1[N+](=O)[O-]. The van der Waals surface area contributed by atoms with Crippen LogP contribution in [0.25, 0.3) is 0 Å². The molecule has 8 heteroatoms. The molecular formula is C10H7N5O2S. The van der Waals surface area contributed by atoms with E-state index in [2.05, 4.69) is 15.3 Å². The second-order valence-corrected chi connectivity index (χ2v) is 3.99. The minimum Gasteiger partial charge on any atom is -0.364 e. The highest BCUT2D eigenvalue weighted by Gasteiger charge is 2.15. The Morgan fingerprint density at radius 3 is 3.00 bits per heavy atom. The predicted octanol–water partition coefficient (Wildman–Crippen LogP) is 1.93. The van der Waals surface area contributed by atoms with E-state index in [1.165, 1.54) is 23.5 Å². The summed E-state index contributed by atoms with van der Waals surface area (Å²) < 4.78 is 0. The highest BCUT2D eigenvalue weighted by atomic mass is 32.1. The Morgan fingerprint density at radius 2 is 2.39 bits per heavy atom. The summed E-state index contributed by atoms with van der Waals surface area (Å²) in [6.07, 6.45) is 0. The first kappa shape index (κ1) is 11.9. The van der Waals surface area contributed by atoms with Crippen LogP contribution in [0.1, 0.15) is 11.4 Å². The minimum atomic E-state index is -0.629. The van der Waals surface area contributed by atoms with Crippen molar-refractivity contribution in [1.82, 2.24) is 9.97 Å². The van der Waals surface area contributed by atoms with Crippen LogP contribution in [0.3, 0.4) is 0 Å². The Balaban J connectivity index is 2.15. The molecule has 2 rings (SSSR count). The first-order chi connectivity index (χ1) is 8.70. The Bertz CT molecular complexity index is 605. The van der Waals surface area contributed by atoms with Gasteiger partial charge in [0.2, 0.25) is 5.69 Å². The van der Waals surface area contributed by atoms with Gasteiger partial charge in [0.25, 0.3) is 0 Å². The second-order valence-electron chi connectivity index (χ2n) is 3.27. The molecule has 0 radical (unpaired) electrons. The summed E-state index contributed by atoms with van der Waals surface area (Å²) in [4.78, 5) is 17.9. The van der Waals surface area contributed by atoms with Gasteiger partial charge in [0.1, 0.15) is 11.9 Å². The van der Waals surface area contributed by atoms with Gasteiger partial charge in [0.05, 0.1) is 22.7 Å². The second kappa shape index (κ2) is 5.20. The summed E-state index contributed by atoms with van der Waals surface area (Å²) in [7, 11) is 0. The van der Waals surface area contributed by atoms with Crippen molar-refractivity contribution >= 4 is 22.8 Å².